The molecule has 148 valence electrons. The Morgan fingerprint density at radius 1 is 0.933 bits per heavy atom. The molecule has 5 heteroatoms. The zero-order chi connectivity index (χ0) is 20.9. The highest BCUT2D eigenvalue weighted by Crippen LogP contribution is 2.24. The summed E-state index contributed by atoms with van der Waals surface area (Å²) in [7, 11) is 0. The molecule has 0 N–H and O–H groups in total. The lowest BCUT2D eigenvalue weighted by Gasteiger charge is -2.07. The van der Waals surface area contributed by atoms with E-state index in [1.807, 2.05) is 55.5 Å². The first-order valence-corrected chi connectivity index (χ1v) is 9.33. The fourth-order valence-corrected chi connectivity index (χ4v) is 2.91. The van der Waals surface area contributed by atoms with Gasteiger partial charge in [-0.1, -0.05) is 42.5 Å². The Bertz CT molecular complexity index is 1290. The van der Waals surface area contributed by atoms with Gasteiger partial charge in [-0.2, -0.15) is 0 Å². The molecule has 4 rings (SSSR count). The van der Waals surface area contributed by atoms with E-state index in [4.69, 9.17) is 13.9 Å². The first kappa shape index (κ1) is 19.2. The smallest absolute Gasteiger partial charge is 0.336 e. The number of hydrogen-bond acceptors (Lipinski definition) is 5. The predicted octanol–water partition coefficient (Wildman–Crippen LogP) is 5.51. The Labute approximate surface area is 172 Å². The van der Waals surface area contributed by atoms with Gasteiger partial charge in [-0.05, 0) is 48.4 Å². The van der Waals surface area contributed by atoms with Crippen molar-refractivity contribution in [2.24, 2.45) is 0 Å². The summed E-state index contributed by atoms with van der Waals surface area (Å²) >= 11 is 0. The van der Waals surface area contributed by atoms with Gasteiger partial charge in [0.25, 0.3) is 0 Å². The molecule has 0 unspecified atom stereocenters. The standard InChI is InChI=1S/C25H18O5/c1-17-6-5-9-19(14-17)29-23-16-28-22-15-20(11-12-21(22)25(23)27)30-24(26)13-10-18-7-3-2-4-8-18/h2-16H,1H3/b13-10+. The maximum atomic E-state index is 12.7. The summed E-state index contributed by atoms with van der Waals surface area (Å²) in [5.41, 5.74) is 1.90. The molecule has 0 radical (unpaired) electrons. The highest BCUT2D eigenvalue weighted by Gasteiger charge is 2.11. The Balaban J connectivity index is 1.52. The fraction of sp³-hybridized carbons (Fsp3) is 0.0400. The lowest BCUT2D eigenvalue weighted by Crippen LogP contribution is -2.06. The van der Waals surface area contributed by atoms with Crippen LogP contribution in [0.2, 0.25) is 0 Å². The molecule has 0 fully saturated rings. The van der Waals surface area contributed by atoms with Crippen LogP contribution in [0.15, 0.2) is 94.3 Å². The monoisotopic (exact) mass is 398 g/mol. The van der Waals surface area contributed by atoms with Crippen molar-refractivity contribution in [1.82, 2.24) is 0 Å². The SMILES string of the molecule is Cc1cccc(Oc2coc3cc(OC(=O)/C=C/c4ccccc4)ccc3c2=O)c1. The highest BCUT2D eigenvalue weighted by atomic mass is 16.5. The van der Waals surface area contributed by atoms with E-state index in [0.717, 1.165) is 11.1 Å². The van der Waals surface area contributed by atoms with E-state index in [1.54, 1.807) is 24.3 Å². The number of aryl methyl sites for hydroxylation is 1. The second kappa shape index (κ2) is 8.49. The van der Waals surface area contributed by atoms with Crippen molar-refractivity contribution in [3.8, 4) is 17.2 Å². The fourth-order valence-electron chi connectivity index (χ4n) is 2.91. The Kier molecular flexibility index (Phi) is 5.44. The summed E-state index contributed by atoms with van der Waals surface area (Å²) in [6.45, 7) is 1.94. The molecule has 0 spiro atoms. The maximum absolute atomic E-state index is 12.7. The summed E-state index contributed by atoms with van der Waals surface area (Å²) in [6, 6.07) is 21.4. The molecule has 30 heavy (non-hydrogen) atoms. The van der Waals surface area contributed by atoms with E-state index in [-0.39, 0.29) is 16.9 Å². The van der Waals surface area contributed by atoms with Crippen LogP contribution in [0.25, 0.3) is 17.0 Å². The molecule has 0 amide bonds. The zero-order valence-corrected chi connectivity index (χ0v) is 16.2. The molecule has 0 aliphatic carbocycles. The molecule has 0 aliphatic heterocycles. The largest absolute Gasteiger partial charge is 0.460 e. The van der Waals surface area contributed by atoms with E-state index in [1.165, 1.54) is 18.4 Å². The van der Waals surface area contributed by atoms with Crippen molar-refractivity contribution in [2.75, 3.05) is 0 Å². The van der Waals surface area contributed by atoms with Crippen LogP contribution in [-0.4, -0.2) is 5.97 Å². The second-order valence-electron chi connectivity index (χ2n) is 6.67. The molecule has 1 aromatic heterocycles. The van der Waals surface area contributed by atoms with Crippen LogP contribution < -0.4 is 14.9 Å². The van der Waals surface area contributed by atoms with Gasteiger partial charge in [-0.3, -0.25) is 4.79 Å². The number of ether oxygens (including phenoxy) is 2. The van der Waals surface area contributed by atoms with Gasteiger partial charge in [0.15, 0.2) is 0 Å². The Morgan fingerprint density at radius 3 is 2.57 bits per heavy atom. The van der Waals surface area contributed by atoms with Crippen LogP contribution in [-0.2, 0) is 4.79 Å². The average molecular weight is 398 g/mol. The van der Waals surface area contributed by atoms with Crippen molar-refractivity contribution >= 4 is 23.0 Å². The summed E-state index contributed by atoms with van der Waals surface area (Å²) in [4.78, 5) is 24.8. The van der Waals surface area contributed by atoms with Crippen LogP contribution >= 0.6 is 0 Å². The topological polar surface area (TPSA) is 65.7 Å². The minimum Gasteiger partial charge on any atom is -0.460 e. The summed E-state index contributed by atoms with van der Waals surface area (Å²) in [6.07, 6.45) is 4.26. The summed E-state index contributed by atoms with van der Waals surface area (Å²) in [5.74, 6) is 0.390. The van der Waals surface area contributed by atoms with Gasteiger partial charge in [-0.25, -0.2) is 4.79 Å². The van der Waals surface area contributed by atoms with E-state index >= 15 is 0 Å². The number of benzene rings is 3. The molecule has 5 nitrogen and oxygen atoms in total. The Morgan fingerprint density at radius 2 is 1.77 bits per heavy atom. The van der Waals surface area contributed by atoms with E-state index in [9.17, 15) is 9.59 Å². The third kappa shape index (κ3) is 4.47. The van der Waals surface area contributed by atoms with Crippen molar-refractivity contribution in [2.45, 2.75) is 6.92 Å². The molecule has 3 aromatic carbocycles. The van der Waals surface area contributed by atoms with Gasteiger partial charge >= 0.3 is 5.97 Å². The number of carbonyl (C=O) groups is 1. The molecule has 0 aliphatic rings. The van der Waals surface area contributed by atoms with Crippen LogP contribution in [0, 0.1) is 6.92 Å². The lowest BCUT2D eigenvalue weighted by molar-refractivity contribution is -0.128. The Hall–Kier alpha value is -4.12. The minimum atomic E-state index is -0.528. The van der Waals surface area contributed by atoms with Crippen LogP contribution in [0.5, 0.6) is 17.2 Å². The van der Waals surface area contributed by atoms with Gasteiger partial charge < -0.3 is 13.9 Å². The molecular weight excluding hydrogens is 380 g/mol. The van der Waals surface area contributed by atoms with E-state index in [0.29, 0.717) is 16.7 Å². The van der Waals surface area contributed by atoms with E-state index < -0.39 is 5.97 Å². The van der Waals surface area contributed by atoms with Gasteiger partial charge in [0.1, 0.15) is 23.3 Å². The lowest BCUT2D eigenvalue weighted by atomic mass is 10.2. The number of rotatable bonds is 5. The minimum absolute atomic E-state index is 0.0867. The molecule has 0 bridgehead atoms. The third-order valence-corrected chi connectivity index (χ3v) is 4.36. The van der Waals surface area contributed by atoms with Crippen LogP contribution in [0.3, 0.4) is 0 Å². The quantitative estimate of drug-likeness (QED) is 0.252. The number of hydrogen-bond donors (Lipinski definition) is 0. The summed E-state index contributed by atoms with van der Waals surface area (Å²) < 4.78 is 16.5. The normalized spacial score (nSPS) is 11.0. The molecule has 1 heterocycles. The van der Waals surface area contributed by atoms with Gasteiger partial charge in [-0.15, -0.1) is 0 Å². The van der Waals surface area contributed by atoms with Crippen molar-refractivity contribution in [3.63, 3.8) is 0 Å². The maximum Gasteiger partial charge on any atom is 0.336 e. The van der Waals surface area contributed by atoms with Crippen LogP contribution in [0.4, 0.5) is 0 Å². The number of carbonyl (C=O) groups excluding carboxylic acids is 1. The zero-order valence-electron chi connectivity index (χ0n) is 16.2. The van der Waals surface area contributed by atoms with E-state index in [2.05, 4.69) is 0 Å². The molecular formula is C25H18O5. The number of fused-ring (bicyclic) bond motifs is 1. The molecule has 4 aromatic rings. The predicted molar refractivity (Wildman–Crippen MR) is 115 cm³/mol. The van der Waals surface area contributed by atoms with Gasteiger partial charge in [0.2, 0.25) is 11.2 Å². The van der Waals surface area contributed by atoms with Gasteiger partial charge in [0, 0.05) is 12.1 Å². The second-order valence-corrected chi connectivity index (χ2v) is 6.67. The first-order chi connectivity index (χ1) is 14.6. The number of esters is 1. The third-order valence-electron chi connectivity index (χ3n) is 4.36. The van der Waals surface area contributed by atoms with Crippen molar-refractivity contribution in [1.29, 1.82) is 0 Å². The van der Waals surface area contributed by atoms with Crippen LogP contribution in [0.1, 0.15) is 11.1 Å². The first-order valence-electron chi connectivity index (χ1n) is 9.33. The molecule has 0 atom stereocenters. The summed E-state index contributed by atoms with van der Waals surface area (Å²) in [5, 5.41) is 0.333. The molecule has 0 saturated carbocycles. The molecule has 0 saturated heterocycles. The average Bonchev–Trinajstić information content (AvgIpc) is 2.75. The highest BCUT2D eigenvalue weighted by molar-refractivity contribution is 5.89. The van der Waals surface area contributed by atoms with Crippen molar-refractivity contribution < 1.29 is 18.7 Å². The van der Waals surface area contributed by atoms with Crippen molar-refractivity contribution in [3.05, 3.63) is 106 Å². The van der Waals surface area contributed by atoms with Gasteiger partial charge in [0.05, 0.1) is 5.39 Å².